The van der Waals surface area contributed by atoms with Crippen LogP contribution in [0.5, 0.6) is 0 Å². The van der Waals surface area contributed by atoms with Crippen molar-refractivity contribution in [3.8, 4) is 0 Å². The average molecular weight is 325 g/mol. The molecule has 2 unspecified atom stereocenters. The number of hydrazone groups is 1. The highest BCUT2D eigenvalue weighted by Crippen LogP contribution is 2.59. The minimum atomic E-state index is -0.153. The lowest BCUT2D eigenvalue weighted by Crippen LogP contribution is -2.21. The number of hydrogen-bond donors (Lipinski definition) is 1. The van der Waals surface area contributed by atoms with E-state index in [2.05, 4.69) is 10.5 Å². The number of nitrogens with one attached hydrogen (secondary N) is 1. The molecule has 21 heavy (non-hydrogen) atoms. The molecule has 0 saturated heterocycles. The van der Waals surface area contributed by atoms with Gasteiger partial charge < -0.3 is 0 Å². The Hall–Kier alpha value is -1.32. The third kappa shape index (κ3) is 3.86. The molecule has 1 aliphatic rings. The van der Waals surface area contributed by atoms with Crippen LogP contribution in [-0.4, -0.2) is 12.1 Å². The minimum absolute atomic E-state index is 0.0528. The van der Waals surface area contributed by atoms with Crippen molar-refractivity contribution in [2.45, 2.75) is 20.8 Å². The lowest BCUT2D eigenvalue weighted by atomic mass is 10.1. The number of amides is 1. The molecular formula is C16H18Cl2N2O. The van der Waals surface area contributed by atoms with E-state index in [1.807, 2.05) is 45.0 Å². The van der Waals surface area contributed by atoms with Gasteiger partial charge in [0.15, 0.2) is 0 Å². The molecule has 1 saturated carbocycles. The molecule has 0 aliphatic heterocycles. The molecule has 2 rings (SSSR count). The van der Waals surface area contributed by atoms with Crippen LogP contribution in [0.15, 0.2) is 39.9 Å². The molecule has 0 bridgehead atoms. The summed E-state index contributed by atoms with van der Waals surface area (Å²) in [5.41, 5.74) is 4.57. The monoisotopic (exact) mass is 324 g/mol. The van der Waals surface area contributed by atoms with Crippen molar-refractivity contribution in [1.82, 2.24) is 5.43 Å². The van der Waals surface area contributed by atoms with Gasteiger partial charge in [-0.2, -0.15) is 5.10 Å². The summed E-state index contributed by atoms with van der Waals surface area (Å²) < 4.78 is 0.200. The second-order valence-electron chi connectivity index (χ2n) is 5.93. The molecule has 0 heterocycles. The summed E-state index contributed by atoms with van der Waals surface area (Å²) in [4.78, 5) is 12.1. The van der Waals surface area contributed by atoms with E-state index in [-0.39, 0.29) is 27.6 Å². The lowest BCUT2D eigenvalue weighted by molar-refractivity contribution is -0.123. The first kappa shape index (κ1) is 16.1. The van der Waals surface area contributed by atoms with Crippen LogP contribution in [0.3, 0.4) is 0 Å². The van der Waals surface area contributed by atoms with Crippen molar-refractivity contribution in [3.63, 3.8) is 0 Å². The average Bonchev–Trinajstić information content (AvgIpc) is 2.92. The third-order valence-corrected chi connectivity index (χ3v) is 4.22. The first-order chi connectivity index (χ1) is 9.82. The molecule has 1 aromatic rings. The normalized spacial score (nSPS) is 22.9. The number of allylic oxidation sites excluding steroid dienone is 1. The maximum Gasteiger partial charge on any atom is 0.244 e. The standard InChI is InChI=1S/C16H18Cl2N2O/c1-10-4-6-11(7-5-10)9-19-20-15(21)14-12(8-13(17)18)16(14,2)3/h4-9,12,14H,1-3H3,(H,20,21). The van der Waals surface area contributed by atoms with Gasteiger partial charge in [-0.05, 0) is 29.9 Å². The molecule has 2 atom stereocenters. The number of halogens is 2. The number of benzene rings is 1. The predicted octanol–water partition coefficient (Wildman–Crippen LogP) is 4.04. The second kappa shape index (κ2) is 6.20. The number of rotatable bonds is 4. The third-order valence-electron chi connectivity index (χ3n) is 3.96. The minimum Gasteiger partial charge on any atom is -0.273 e. The molecule has 1 N–H and O–H groups in total. The first-order valence-corrected chi connectivity index (χ1v) is 7.50. The van der Waals surface area contributed by atoms with Gasteiger partial charge in [0.05, 0.1) is 12.1 Å². The molecule has 0 radical (unpaired) electrons. The smallest absolute Gasteiger partial charge is 0.244 e. The highest BCUT2D eigenvalue weighted by atomic mass is 35.5. The van der Waals surface area contributed by atoms with Gasteiger partial charge in [-0.3, -0.25) is 4.79 Å². The van der Waals surface area contributed by atoms with Gasteiger partial charge in [-0.15, -0.1) is 0 Å². The zero-order valence-corrected chi connectivity index (χ0v) is 13.7. The first-order valence-electron chi connectivity index (χ1n) is 6.75. The molecule has 1 fully saturated rings. The van der Waals surface area contributed by atoms with Gasteiger partial charge in [0, 0.05) is 0 Å². The Morgan fingerprint density at radius 1 is 1.29 bits per heavy atom. The highest BCUT2D eigenvalue weighted by molar-refractivity contribution is 6.55. The SMILES string of the molecule is Cc1ccc(C=NNC(=O)C2C(C=C(Cl)Cl)C2(C)C)cc1. The van der Waals surface area contributed by atoms with E-state index in [4.69, 9.17) is 23.2 Å². The van der Waals surface area contributed by atoms with Crippen molar-refractivity contribution in [2.24, 2.45) is 22.4 Å². The van der Waals surface area contributed by atoms with Gasteiger partial charge >= 0.3 is 0 Å². The Labute approximate surface area is 135 Å². The van der Waals surface area contributed by atoms with Crippen LogP contribution < -0.4 is 5.43 Å². The van der Waals surface area contributed by atoms with Gasteiger partial charge in [0.1, 0.15) is 4.49 Å². The van der Waals surface area contributed by atoms with E-state index in [0.717, 1.165) is 5.56 Å². The molecule has 112 valence electrons. The topological polar surface area (TPSA) is 41.5 Å². The van der Waals surface area contributed by atoms with Crippen LogP contribution in [0.25, 0.3) is 0 Å². The molecular weight excluding hydrogens is 307 g/mol. The zero-order valence-electron chi connectivity index (χ0n) is 12.2. The maximum atomic E-state index is 12.1. The fourth-order valence-corrected chi connectivity index (χ4v) is 2.79. The Morgan fingerprint density at radius 3 is 2.48 bits per heavy atom. The lowest BCUT2D eigenvalue weighted by Gasteiger charge is -2.01. The highest BCUT2D eigenvalue weighted by Gasteiger charge is 2.60. The largest absolute Gasteiger partial charge is 0.273 e. The van der Waals surface area contributed by atoms with Crippen molar-refractivity contribution in [1.29, 1.82) is 0 Å². The number of carbonyl (C=O) groups is 1. The fraction of sp³-hybridized carbons (Fsp3) is 0.375. The van der Waals surface area contributed by atoms with Crippen molar-refractivity contribution in [2.75, 3.05) is 0 Å². The van der Waals surface area contributed by atoms with Crippen LogP contribution >= 0.6 is 23.2 Å². The number of carbonyl (C=O) groups excluding carboxylic acids is 1. The summed E-state index contributed by atoms with van der Waals surface area (Å²) in [5, 5.41) is 4.00. The van der Waals surface area contributed by atoms with E-state index in [1.54, 1.807) is 12.3 Å². The van der Waals surface area contributed by atoms with Crippen LogP contribution in [0, 0.1) is 24.2 Å². The number of hydrogen-bond acceptors (Lipinski definition) is 2. The Balaban J connectivity index is 1.94. The van der Waals surface area contributed by atoms with E-state index < -0.39 is 0 Å². The molecule has 1 amide bonds. The summed E-state index contributed by atoms with van der Waals surface area (Å²) in [6, 6.07) is 7.89. The molecule has 1 aromatic carbocycles. The predicted molar refractivity (Wildman–Crippen MR) is 87.5 cm³/mol. The maximum absolute atomic E-state index is 12.1. The number of aryl methyl sites for hydroxylation is 1. The van der Waals surface area contributed by atoms with E-state index in [9.17, 15) is 4.79 Å². The summed E-state index contributed by atoms with van der Waals surface area (Å²) in [7, 11) is 0. The summed E-state index contributed by atoms with van der Waals surface area (Å²) in [6.07, 6.45) is 3.35. The van der Waals surface area contributed by atoms with Crippen molar-refractivity contribution < 1.29 is 4.79 Å². The summed E-state index contributed by atoms with van der Waals surface area (Å²) >= 11 is 11.3. The Morgan fingerprint density at radius 2 is 1.90 bits per heavy atom. The van der Waals surface area contributed by atoms with Crippen molar-refractivity contribution in [3.05, 3.63) is 46.0 Å². The second-order valence-corrected chi connectivity index (χ2v) is 6.93. The van der Waals surface area contributed by atoms with Gasteiger partial charge in [0.2, 0.25) is 5.91 Å². The molecule has 0 spiro atoms. The van der Waals surface area contributed by atoms with Gasteiger partial charge in [0.25, 0.3) is 0 Å². The van der Waals surface area contributed by atoms with Crippen LogP contribution in [0.1, 0.15) is 25.0 Å². The fourth-order valence-electron chi connectivity index (χ4n) is 2.52. The molecule has 1 aliphatic carbocycles. The molecule has 0 aromatic heterocycles. The quantitative estimate of drug-likeness (QED) is 0.659. The van der Waals surface area contributed by atoms with E-state index in [1.165, 1.54) is 5.56 Å². The Bertz CT molecular complexity index is 587. The summed E-state index contributed by atoms with van der Waals surface area (Å²) in [6.45, 7) is 6.05. The Kier molecular flexibility index (Phi) is 4.74. The van der Waals surface area contributed by atoms with Gasteiger partial charge in [-0.1, -0.05) is 66.9 Å². The molecule has 3 nitrogen and oxygen atoms in total. The van der Waals surface area contributed by atoms with Crippen LogP contribution in [-0.2, 0) is 4.79 Å². The van der Waals surface area contributed by atoms with E-state index >= 15 is 0 Å². The van der Waals surface area contributed by atoms with Crippen LogP contribution in [0.4, 0.5) is 0 Å². The van der Waals surface area contributed by atoms with E-state index in [0.29, 0.717) is 0 Å². The molecule has 5 heteroatoms. The zero-order chi connectivity index (χ0) is 15.6. The van der Waals surface area contributed by atoms with Crippen LogP contribution in [0.2, 0.25) is 0 Å². The number of nitrogens with zero attached hydrogens (tertiary/aromatic N) is 1. The summed E-state index contributed by atoms with van der Waals surface area (Å²) in [5.74, 6) is -0.212. The van der Waals surface area contributed by atoms with Crippen molar-refractivity contribution >= 4 is 35.3 Å². The van der Waals surface area contributed by atoms with Gasteiger partial charge in [-0.25, -0.2) is 5.43 Å².